The first kappa shape index (κ1) is 16.6. The highest BCUT2D eigenvalue weighted by Gasteiger charge is 2.21. The number of nitrogens with one attached hydrogen (secondary N) is 1. The van der Waals surface area contributed by atoms with Crippen LogP contribution in [0.4, 0.5) is 0 Å². The molecule has 0 aromatic rings. The van der Waals surface area contributed by atoms with Gasteiger partial charge in [-0.1, -0.05) is 0 Å². The van der Waals surface area contributed by atoms with Gasteiger partial charge in [-0.25, -0.2) is 0 Å². The number of hydrogen-bond acceptors (Lipinski definition) is 3. The van der Waals surface area contributed by atoms with Crippen molar-refractivity contribution in [2.24, 2.45) is 16.8 Å². The van der Waals surface area contributed by atoms with E-state index >= 15 is 0 Å². The lowest BCUT2D eigenvalue weighted by atomic mass is 10.1. The molecule has 1 saturated heterocycles. The first-order valence-corrected chi connectivity index (χ1v) is 8.44. The van der Waals surface area contributed by atoms with Crippen molar-refractivity contribution in [2.75, 3.05) is 53.1 Å². The zero-order valence-electron chi connectivity index (χ0n) is 13.6. The molecule has 2 fully saturated rings. The van der Waals surface area contributed by atoms with E-state index in [1.807, 2.05) is 0 Å². The maximum Gasteiger partial charge on any atom is 0.193 e. The summed E-state index contributed by atoms with van der Waals surface area (Å²) in [6.45, 7) is 8.44. The fourth-order valence-corrected chi connectivity index (χ4v) is 2.56. The van der Waals surface area contributed by atoms with Gasteiger partial charge in [0.05, 0.1) is 6.61 Å². The van der Waals surface area contributed by atoms with Gasteiger partial charge in [0, 0.05) is 52.4 Å². The molecular weight excluding hydrogens is 266 g/mol. The molecule has 2 aliphatic rings. The van der Waals surface area contributed by atoms with Crippen molar-refractivity contribution in [3.63, 3.8) is 0 Å². The molecule has 21 heavy (non-hydrogen) atoms. The quantitative estimate of drug-likeness (QED) is 0.400. The van der Waals surface area contributed by atoms with E-state index < -0.39 is 0 Å². The summed E-state index contributed by atoms with van der Waals surface area (Å²) in [5.41, 5.74) is 0. The third-order valence-corrected chi connectivity index (χ3v) is 4.01. The maximum atomic E-state index is 5.65. The molecule has 0 amide bonds. The van der Waals surface area contributed by atoms with E-state index in [9.17, 15) is 0 Å². The summed E-state index contributed by atoms with van der Waals surface area (Å²) in [5, 5.41) is 3.37. The minimum atomic E-state index is 0.640. The molecule has 0 aromatic heterocycles. The topological polar surface area (TPSA) is 46.1 Å². The Balaban J connectivity index is 1.63. The summed E-state index contributed by atoms with van der Waals surface area (Å²) in [7, 11) is 2.11. The highest BCUT2D eigenvalue weighted by Crippen LogP contribution is 2.28. The normalized spacial score (nSPS) is 22.6. The van der Waals surface area contributed by atoms with Crippen LogP contribution in [0, 0.1) is 11.8 Å². The van der Waals surface area contributed by atoms with Crippen molar-refractivity contribution in [1.82, 2.24) is 10.2 Å². The molecule has 122 valence electrons. The molecule has 5 heteroatoms. The van der Waals surface area contributed by atoms with E-state index in [2.05, 4.69) is 24.2 Å². The van der Waals surface area contributed by atoms with Crippen LogP contribution in [0.1, 0.15) is 32.6 Å². The Kier molecular flexibility index (Phi) is 7.30. The van der Waals surface area contributed by atoms with Gasteiger partial charge in [0.25, 0.3) is 0 Å². The third kappa shape index (κ3) is 6.66. The number of aliphatic imine (C=N–C) groups is 1. The lowest BCUT2D eigenvalue weighted by molar-refractivity contribution is 0.123. The highest BCUT2D eigenvalue weighted by molar-refractivity contribution is 5.79. The second kappa shape index (κ2) is 9.26. The van der Waals surface area contributed by atoms with Gasteiger partial charge in [-0.15, -0.1) is 0 Å². The number of rotatable bonds is 9. The lowest BCUT2D eigenvalue weighted by Gasteiger charge is -2.24. The Morgan fingerprint density at radius 3 is 2.86 bits per heavy atom. The maximum absolute atomic E-state index is 5.65. The molecule has 0 radical (unpaired) electrons. The Bertz CT molecular complexity index is 313. The average molecular weight is 297 g/mol. The summed E-state index contributed by atoms with van der Waals surface area (Å²) in [6, 6.07) is 0. The molecule has 1 saturated carbocycles. The number of nitrogens with zero attached hydrogens (tertiary/aromatic N) is 2. The van der Waals surface area contributed by atoms with E-state index in [1.54, 1.807) is 0 Å². The van der Waals surface area contributed by atoms with Crippen LogP contribution in [-0.2, 0) is 9.47 Å². The van der Waals surface area contributed by atoms with Crippen LogP contribution in [0.25, 0.3) is 0 Å². The molecule has 0 spiro atoms. The van der Waals surface area contributed by atoms with Crippen molar-refractivity contribution < 1.29 is 9.47 Å². The van der Waals surface area contributed by atoms with Gasteiger partial charge in [0.15, 0.2) is 5.96 Å². The molecule has 0 aromatic carbocycles. The summed E-state index contributed by atoms with van der Waals surface area (Å²) in [4.78, 5) is 6.93. The van der Waals surface area contributed by atoms with Crippen LogP contribution in [0.15, 0.2) is 4.99 Å². The molecule has 0 bridgehead atoms. The van der Waals surface area contributed by atoms with Crippen molar-refractivity contribution in [2.45, 2.75) is 32.6 Å². The van der Waals surface area contributed by atoms with Crippen molar-refractivity contribution in [3.8, 4) is 0 Å². The predicted octanol–water partition coefficient (Wildman–Crippen LogP) is 1.74. The highest BCUT2D eigenvalue weighted by atomic mass is 16.5. The molecule has 1 aliphatic carbocycles. The second-order valence-electron chi connectivity index (χ2n) is 6.22. The third-order valence-electron chi connectivity index (χ3n) is 4.01. The summed E-state index contributed by atoms with van der Waals surface area (Å²) < 4.78 is 11.1. The Hall–Kier alpha value is -0.810. The molecule has 2 rings (SSSR count). The SMILES string of the molecule is CCNC(=NCCCOCC1CC1)N(C)CC1CCOC1. The van der Waals surface area contributed by atoms with Crippen molar-refractivity contribution in [1.29, 1.82) is 0 Å². The van der Waals surface area contributed by atoms with Gasteiger partial charge in [-0.2, -0.15) is 0 Å². The van der Waals surface area contributed by atoms with Crippen LogP contribution in [-0.4, -0.2) is 64.0 Å². The van der Waals surface area contributed by atoms with Crippen LogP contribution < -0.4 is 5.32 Å². The van der Waals surface area contributed by atoms with Gasteiger partial charge in [-0.3, -0.25) is 4.99 Å². The smallest absolute Gasteiger partial charge is 0.193 e. The Morgan fingerprint density at radius 2 is 2.19 bits per heavy atom. The second-order valence-corrected chi connectivity index (χ2v) is 6.22. The molecule has 1 atom stereocenters. The summed E-state index contributed by atoms with van der Waals surface area (Å²) >= 11 is 0. The van der Waals surface area contributed by atoms with Crippen LogP contribution in [0.2, 0.25) is 0 Å². The van der Waals surface area contributed by atoms with Gasteiger partial charge < -0.3 is 19.7 Å². The number of ether oxygens (including phenoxy) is 2. The molecule has 1 N–H and O–H groups in total. The van der Waals surface area contributed by atoms with Crippen molar-refractivity contribution in [3.05, 3.63) is 0 Å². The van der Waals surface area contributed by atoms with Gasteiger partial charge in [-0.05, 0) is 38.5 Å². The van der Waals surface area contributed by atoms with E-state index in [-0.39, 0.29) is 0 Å². The van der Waals surface area contributed by atoms with Gasteiger partial charge >= 0.3 is 0 Å². The number of guanidine groups is 1. The molecule has 1 aliphatic heterocycles. The minimum absolute atomic E-state index is 0.640. The van der Waals surface area contributed by atoms with Crippen molar-refractivity contribution >= 4 is 5.96 Å². The zero-order valence-corrected chi connectivity index (χ0v) is 13.6. The molecule has 1 heterocycles. The fourth-order valence-electron chi connectivity index (χ4n) is 2.56. The predicted molar refractivity (Wildman–Crippen MR) is 85.7 cm³/mol. The summed E-state index contributed by atoms with van der Waals surface area (Å²) in [6.07, 6.45) is 4.89. The van der Waals surface area contributed by atoms with E-state index in [1.165, 1.54) is 19.3 Å². The monoisotopic (exact) mass is 297 g/mol. The average Bonchev–Trinajstić information content (AvgIpc) is 3.16. The molecule has 5 nitrogen and oxygen atoms in total. The standard InChI is InChI=1S/C16H31N3O2/c1-3-17-16(19(2)11-15-7-10-21-13-15)18-8-4-9-20-12-14-5-6-14/h14-15H,3-13H2,1-2H3,(H,17,18). The Labute approximate surface area is 129 Å². The van der Waals surface area contributed by atoms with E-state index in [0.717, 1.165) is 64.4 Å². The first-order chi connectivity index (χ1) is 10.3. The zero-order chi connectivity index (χ0) is 14.9. The molecular formula is C16H31N3O2. The number of hydrogen-bond donors (Lipinski definition) is 1. The fraction of sp³-hybridized carbons (Fsp3) is 0.938. The van der Waals surface area contributed by atoms with Crippen LogP contribution >= 0.6 is 0 Å². The van der Waals surface area contributed by atoms with Crippen LogP contribution in [0.3, 0.4) is 0 Å². The van der Waals surface area contributed by atoms with E-state index in [0.29, 0.717) is 5.92 Å². The van der Waals surface area contributed by atoms with Gasteiger partial charge in [0.1, 0.15) is 0 Å². The lowest BCUT2D eigenvalue weighted by Crippen LogP contribution is -2.41. The first-order valence-electron chi connectivity index (χ1n) is 8.44. The van der Waals surface area contributed by atoms with Gasteiger partial charge in [0.2, 0.25) is 0 Å². The largest absolute Gasteiger partial charge is 0.381 e. The Morgan fingerprint density at radius 1 is 1.33 bits per heavy atom. The summed E-state index contributed by atoms with van der Waals surface area (Å²) in [5.74, 6) is 2.50. The van der Waals surface area contributed by atoms with Crippen LogP contribution in [0.5, 0.6) is 0 Å². The van der Waals surface area contributed by atoms with E-state index in [4.69, 9.17) is 14.5 Å². The minimum Gasteiger partial charge on any atom is -0.381 e. The molecule has 1 unspecified atom stereocenters.